The van der Waals surface area contributed by atoms with Crippen LogP contribution < -0.4 is 5.32 Å². The van der Waals surface area contributed by atoms with E-state index in [0.29, 0.717) is 31.8 Å². The second-order valence-corrected chi connectivity index (χ2v) is 7.24. The van der Waals surface area contributed by atoms with E-state index in [1.54, 1.807) is 25.3 Å². The molecule has 0 spiro atoms. The van der Waals surface area contributed by atoms with E-state index in [4.69, 9.17) is 23.2 Å². The van der Waals surface area contributed by atoms with Crippen LogP contribution in [0.25, 0.3) is 0 Å². The van der Waals surface area contributed by atoms with Gasteiger partial charge in [-0.3, -0.25) is 4.79 Å². The third-order valence-corrected chi connectivity index (χ3v) is 5.01. The van der Waals surface area contributed by atoms with E-state index in [2.05, 4.69) is 20.3 Å². The quantitative estimate of drug-likeness (QED) is 0.487. The molecular formula is C17H14Cl2N4OS. The molecule has 0 bridgehead atoms. The number of thiazole rings is 1. The summed E-state index contributed by atoms with van der Waals surface area (Å²) >= 11 is 13.4. The molecular weight excluding hydrogens is 379 g/mol. The summed E-state index contributed by atoms with van der Waals surface area (Å²) in [6.45, 7) is 3.69. The van der Waals surface area contributed by atoms with Gasteiger partial charge in [-0.15, -0.1) is 0 Å². The largest absolute Gasteiger partial charge is 0.316 e. The first-order valence-corrected chi connectivity index (χ1v) is 9.01. The molecule has 0 aliphatic heterocycles. The highest BCUT2D eigenvalue weighted by atomic mass is 35.5. The fourth-order valence-corrected chi connectivity index (χ4v) is 3.58. The predicted octanol–water partition coefficient (Wildman–Crippen LogP) is 5.03. The standard InChI is InChI=1S/C17H14Cl2N4OS/c1-9-4-3-5-12(18)11(9)6-13(24)14-8-20-17(25-14)23-16-7-15(19)21-10(2)22-16/h3-5,7-8H,6H2,1-2H3,(H,20,21,22,23). The topological polar surface area (TPSA) is 67.8 Å². The molecule has 3 aromatic rings. The maximum Gasteiger partial charge on any atom is 0.188 e. The van der Waals surface area contributed by atoms with Crippen LogP contribution >= 0.6 is 34.5 Å². The van der Waals surface area contributed by atoms with Crippen LogP contribution in [0.15, 0.2) is 30.5 Å². The number of aryl methyl sites for hydroxylation is 2. The van der Waals surface area contributed by atoms with Crippen LogP contribution in [0.4, 0.5) is 10.9 Å². The van der Waals surface area contributed by atoms with Crippen LogP contribution in [-0.2, 0) is 6.42 Å². The Bertz CT molecular complexity index is 902. The summed E-state index contributed by atoms with van der Waals surface area (Å²) in [5.74, 6) is 1.06. The number of rotatable bonds is 5. The Balaban J connectivity index is 1.75. The predicted molar refractivity (Wildman–Crippen MR) is 101 cm³/mol. The minimum atomic E-state index is -0.0290. The minimum absolute atomic E-state index is 0.0290. The highest BCUT2D eigenvalue weighted by molar-refractivity contribution is 7.17. The number of Topliss-reactive ketones (excluding diaryl/α,β-unsaturated/α-hetero) is 1. The normalized spacial score (nSPS) is 10.7. The van der Waals surface area contributed by atoms with E-state index in [1.165, 1.54) is 11.3 Å². The molecule has 5 nitrogen and oxygen atoms in total. The Morgan fingerprint density at radius 3 is 2.76 bits per heavy atom. The van der Waals surface area contributed by atoms with Gasteiger partial charge in [-0.25, -0.2) is 15.0 Å². The van der Waals surface area contributed by atoms with Crippen LogP contribution in [0.5, 0.6) is 0 Å². The average molecular weight is 393 g/mol. The summed E-state index contributed by atoms with van der Waals surface area (Å²) in [7, 11) is 0. The molecule has 0 unspecified atom stereocenters. The summed E-state index contributed by atoms with van der Waals surface area (Å²) in [4.78, 5) is 25.5. The summed E-state index contributed by atoms with van der Waals surface area (Å²) < 4.78 is 0. The van der Waals surface area contributed by atoms with Gasteiger partial charge in [0.25, 0.3) is 0 Å². The highest BCUT2D eigenvalue weighted by Gasteiger charge is 2.15. The smallest absolute Gasteiger partial charge is 0.188 e. The number of nitrogens with one attached hydrogen (secondary N) is 1. The van der Waals surface area contributed by atoms with Crippen LogP contribution in [0.3, 0.4) is 0 Å². The van der Waals surface area contributed by atoms with Crippen LogP contribution in [0.1, 0.15) is 26.6 Å². The first-order chi connectivity index (χ1) is 11.9. The van der Waals surface area contributed by atoms with Crippen LogP contribution in [0.2, 0.25) is 10.2 Å². The molecule has 2 heterocycles. The van der Waals surface area contributed by atoms with E-state index < -0.39 is 0 Å². The van der Waals surface area contributed by atoms with E-state index in [9.17, 15) is 4.79 Å². The van der Waals surface area contributed by atoms with Gasteiger partial charge in [0.2, 0.25) is 0 Å². The lowest BCUT2D eigenvalue weighted by Crippen LogP contribution is -2.03. The van der Waals surface area contributed by atoms with Gasteiger partial charge in [-0.1, -0.05) is 46.7 Å². The van der Waals surface area contributed by atoms with Gasteiger partial charge in [0, 0.05) is 17.5 Å². The lowest BCUT2D eigenvalue weighted by molar-refractivity contribution is 0.0996. The number of hydrogen-bond donors (Lipinski definition) is 1. The van der Waals surface area contributed by atoms with Crippen molar-refractivity contribution in [1.29, 1.82) is 0 Å². The van der Waals surface area contributed by atoms with Crippen LogP contribution in [0, 0.1) is 13.8 Å². The molecule has 25 heavy (non-hydrogen) atoms. The molecule has 128 valence electrons. The van der Waals surface area contributed by atoms with E-state index in [1.807, 2.05) is 19.1 Å². The first-order valence-electron chi connectivity index (χ1n) is 7.43. The van der Waals surface area contributed by atoms with Crippen molar-refractivity contribution in [1.82, 2.24) is 15.0 Å². The number of aromatic nitrogens is 3. The zero-order valence-electron chi connectivity index (χ0n) is 13.5. The number of nitrogens with zero attached hydrogens (tertiary/aromatic N) is 3. The van der Waals surface area contributed by atoms with Gasteiger partial charge in [-0.05, 0) is 31.0 Å². The molecule has 0 atom stereocenters. The van der Waals surface area contributed by atoms with E-state index >= 15 is 0 Å². The lowest BCUT2D eigenvalue weighted by atomic mass is 10.0. The maximum atomic E-state index is 12.5. The zero-order valence-corrected chi connectivity index (χ0v) is 15.8. The Morgan fingerprint density at radius 1 is 1.24 bits per heavy atom. The summed E-state index contributed by atoms with van der Waals surface area (Å²) in [5.41, 5.74) is 1.84. The second-order valence-electron chi connectivity index (χ2n) is 5.41. The molecule has 1 aromatic carbocycles. The van der Waals surface area contributed by atoms with Gasteiger partial charge in [0.1, 0.15) is 16.8 Å². The van der Waals surface area contributed by atoms with Crippen molar-refractivity contribution in [3.63, 3.8) is 0 Å². The molecule has 0 aliphatic rings. The molecule has 3 rings (SSSR count). The number of anilines is 2. The molecule has 0 saturated heterocycles. The Kier molecular flexibility index (Phi) is 5.32. The molecule has 0 aliphatic carbocycles. The number of ketones is 1. The molecule has 0 amide bonds. The third kappa shape index (κ3) is 4.34. The van der Waals surface area contributed by atoms with Gasteiger partial charge in [0.15, 0.2) is 10.9 Å². The molecule has 2 aromatic heterocycles. The summed E-state index contributed by atoms with van der Waals surface area (Å²) in [6, 6.07) is 7.20. The van der Waals surface area contributed by atoms with Gasteiger partial charge < -0.3 is 5.32 Å². The average Bonchev–Trinajstić information content (AvgIpc) is 2.98. The lowest BCUT2D eigenvalue weighted by Gasteiger charge is -2.06. The maximum absolute atomic E-state index is 12.5. The van der Waals surface area contributed by atoms with Crippen molar-refractivity contribution in [3.8, 4) is 0 Å². The van der Waals surface area contributed by atoms with Gasteiger partial charge in [0.05, 0.1) is 11.1 Å². The van der Waals surface area contributed by atoms with Gasteiger partial charge >= 0.3 is 0 Å². The molecule has 1 N–H and O–H groups in total. The minimum Gasteiger partial charge on any atom is -0.316 e. The number of carbonyl (C=O) groups is 1. The van der Waals surface area contributed by atoms with Crippen molar-refractivity contribution >= 4 is 51.3 Å². The van der Waals surface area contributed by atoms with E-state index in [-0.39, 0.29) is 12.2 Å². The number of benzene rings is 1. The second kappa shape index (κ2) is 7.47. The monoisotopic (exact) mass is 392 g/mol. The van der Waals surface area contributed by atoms with Crippen molar-refractivity contribution in [2.75, 3.05) is 5.32 Å². The van der Waals surface area contributed by atoms with Crippen molar-refractivity contribution < 1.29 is 4.79 Å². The number of carbonyl (C=O) groups excluding carboxylic acids is 1. The van der Waals surface area contributed by atoms with E-state index in [0.717, 1.165) is 11.1 Å². The molecule has 0 saturated carbocycles. The molecule has 8 heteroatoms. The fourth-order valence-electron chi connectivity index (χ4n) is 2.30. The van der Waals surface area contributed by atoms with Gasteiger partial charge in [-0.2, -0.15) is 0 Å². The zero-order chi connectivity index (χ0) is 18.0. The Hall–Kier alpha value is -2.02. The third-order valence-electron chi connectivity index (χ3n) is 3.51. The Labute approximate surface area is 159 Å². The van der Waals surface area contributed by atoms with Crippen molar-refractivity contribution in [2.45, 2.75) is 20.3 Å². The van der Waals surface area contributed by atoms with Crippen LogP contribution in [-0.4, -0.2) is 20.7 Å². The fraction of sp³-hybridized carbons (Fsp3) is 0.176. The highest BCUT2D eigenvalue weighted by Crippen LogP contribution is 2.26. The SMILES string of the molecule is Cc1nc(Cl)cc(Nc2ncc(C(=O)Cc3c(C)cccc3Cl)s2)n1. The van der Waals surface area contributed by atoms with Crippen molar-refractivity contribution in [3.05, 3.63) is 62.5 Å². The summed E-state index contributed by atoms with van der Waals surface area (Å²) in [5, 5.41) is 4.55. The Morgan fingerprint density at radius 2 is 2.04 bits per heavy atom. The summed E-state index contributed by atoms with van der Waals surface area (Å²) in [6.07, 6.45) is 1.79. The van der Waals surface area contributed by atoms with Crippen molar-refractivity contribution in [2.24, 2.45) is 0 Å². The molecule has 0 radical (unpaired) electrons. The number of halogens is 2. The number of hydrogen-bond acceptors (Lipinski definition) is 6. The molecule has 0 fully saturated rings. The first kappa shape index (κ1) is 17.8.